The third kappa shape index (κ3) is 6.01. The number of hydrogen-bond donors (Lipinski definition) is 1. The van der Waals surface area contributed by atoms with Crippen molar-refractivity contribution in [2.75, 3.05) is 6.61 Å². The van der Waals surface area contributed by atoms with Crippen LogP contribution in [0, 0.1) is 6.92 Å². The number of ether oxygens (including phenoxy) is 1. The molecule has 7 heteroatoms. The molecule has 5 nitrogen and oxygen atoms in total. The lowest BCUT2D eigenvalue weighted by molar-refractivity contribution is 0.0950. The summed E-state index contributed by atoms with van der Waals surface area (Å²) >= 11 is 7.51. The average Bonchev–Trinajstić information content (AvgIpc) is 3.23. The van der Waals surface area contributed by atoms with Gasteiger partial charge in [-0.3, -0.25) is 4.79 Å². The van der Waals surface area contributed by atoms with Crippen molar-refractivity contribution in [3.8, 4) is 5.75 Å². The molecule has 148 valence electrons. The molecule has 0 spiro atoms. The molecule has 0 aliphatic heterocycles. The number of rotatable bonds is 8. The van der Waals surface area contributed by atoms with Crippen molar-refractivity contribution in [3.05, 3.63) is 87.9 Å². The molecule has 1 aromatic heterocycles. The molecule has 0 unspecified atom stereocenters. The number of aromatic nitrogens is 2. The van der Waals surface area contributed by atoms with Gasteiger partial charge in [0.25, 0.3) is 5.91 Å². The van der Waals surface area contributed by atoms with E-state index in [1.807, 2.05) is 55.5 Å². The number of carbonyl (C=O) groups is 1. The van der Waals surface area contributed by atoms with E-state index in [1.165, 1.54) is 5.56 Å². The molecule has 1 amide bonds. The van der Waals surface area contributed by atoms with Gasteiger partial charge in [-0.2, -0.15) is 0 Å². The first-order valence-corrected chi connectivity index (χ1v) is 10.1. The van der Waals surface area contributed by atoms with Gasteiger partial charge in [-0.05, 0) is 36.3 Å². The summed E-state index contributed by atoms with van der Waals surface area (Å²) < 4.78 is 5.45. The maximum absolute atomic E-state index is 12.3. The molecule has 0 radical (unpaired) electrons. The van der Waals surface area contributed by atoms with Crippen molar-refractivity contribution in [2.45, 2.75) is 13.5 Å². The van der Waals surface area contributed by atoms with E-state index in [1.54, 1.807) is 12.2 Å². The highest BCUT2D eigenvalue weighted by atomic mass is 35.5. The lowest BCUT2D eigenvalue weighted by Gasteiger charge is -2.03. The number of nitrogens with zero attached hydrogens (tertiary/aromatic N) is 2. The number of hydrogen-bond acceptors (Lipinski definition) is 5. The summed E-state index contributed by atoms with van der Waals surface area (Å²) in [6.45, 7) is 6.52. The molecule has 3 rings (SSSR count). The van der Waals surface area contributed by atoms with Gasteiger partial charge in [-0.15, -0.1) is 10.2 Å². The van der Waals surface area contributed by atoms with E-state index < -0.39 is 0 Å². The van der Waals surface area contributed by atoms with Crippen LogP contribution in [0.15, 0.2) is 61.2 Å². The number of halogens is 1. The molecular formula is C22H20ClN3O2S. The van der Waals surface area contributed by atoms with Crippen LogP contribution < -0.4 is 10.1 Å². The van der Waals surface area contributed by atoms with E-state index in [-0.39, 0.29) is 10.9 Å². The van der Waals surface area contributed by atoms with Crippen LogP contribution in [0.3, 0.4) is 0 Å². The Morgan fingerprint density at radius 3 is 2.52 bits per heavy atom. The molecule has 0 saturated carbocycles. The summed E-state index contributed by atoms with van der Waals surface area (Å²) in [6, 6.07) is 15.4. The first-order chi connectivity index (χ1) is 14.0. The van der Waals surface area contributed by atoms with E-state index >= 15 is 0 Å². The van der Waals surface area contributed by atoms with Crippen LogP contribution >= 0.6 is 22.9 Å². The minimum absolute atomic E-state index is 0.270. The zero-order valence-corrected chi connectivity index (χ0v) is 17.5. The third-order valence-corrected chi connectivity index (χ3v) is 5.29. The molecule has 3 aromatic rings. The Kier molecular flexibility index (Phi) is 7.16. The van der Waals surface area contributed by atoms with Gasteiger partial charge in [0.05, 0.1) is 5.03 Å². The highest BCUT2D eigenvalue weighted by Crippen LogP contribution is 2.26. The Labute approximate surface area is 178 Å². The zero-order valence-electron chi connectivity index (χ0n) is 15.9. The van der Waals surface area contributed by atoms with Gasteiger partial charge in [0.15, 0.2) is 5.01 Å². The Morgan fingerprint density at radius 1 is 1.14 bits per heavy atom. The van der Waals surface area contributed by atoms with Gasteiger partial charge >= 0.3 is 0 Å². The van der Waals surface area contributed by atoms with Crippen molar-refractivity contribution in [3.63, 3.8) is 0 Å². The van der Waals surface area contributed by atoms with Crippen LogP contribution in [0.25, 0.3) is 11.1 Å². The van der Waals surface area contributed by atoms with E-state index in [9.17, 15) is 4.79 Å². The topological polar surface area (TPSA) is 64.1 Å². The highest BCUT2D eigenvalue weighted by Gasteiger charge is 2.14. The zero-order chi connectivity index (χ0) is 20.6. The van der Waals surface area contributed by atoms with Crippen molar-refractivity contribution >= 4 is 40.0 Å². The SMILES string of the molecule is C=CCOc1ccc(/C=C(\Cl)c2nnc(C(=O)NCc3ccc(C)cc3)s2)cc1. The van der Waals surface area contributed by atoms with Crippen LogP contribution in [0.5, 0.6) is 5.75 Å². The van der Waals surface area contributed by atoms with Crippen LogP contribution in [-0.2, 0) is 6.54 Å². The Bertz CT molecular complexity index is 1010. The Balaban J connectivity index is 1.61. The number of benzene rings is 2. The maximum atomic E-state index is 12.3. The molecule has 29 heavy (non-hydrogen) atoms. The van der Waals surface area contributed by atoms with Gasteiger partial charge in [0.1, 0.15) is 12.4 Å². The first-order valence-electron chi connectivity index (χ1n) is 8.94. The predicted molar refractivity (Wildman–Crippen MR) is 118 cm³/mol. The number of carbonyl (C=O) groups excluding carboxylic acids is 1. The molecule has 0 aliphatic rings. The van der Waals surface area contributed by atoms with Crippen LogP contribution in [0.2, 0.25) is 0 Å². The Hall–Kier alpha value is -2.96. The molecular weight excluding hydrogens is 406 g/mol. The molecule has 0 aliphatic carbocycles. The highest BCUT2D eigenvalue weighted by molar-refractivity contribution is 7.15. The molecule has 1 N–H and O–H groups in total. The molecule has 0 bridgehead atoms. The second-order valence-electron chi connectivity index (χ2n) is 6.24. The molecule has 2 aromatic carbocycles. The fourth-order valence-electron chi connectivity index (χ4n) is 2.40. The van der Waals surface area contributed by atoms with E-state index in [2.05, 4.69) is 22.1 Å². The lowest BCUT2D eigenvalue weighted by atomic mass is 10.1. The Morgan fingerprint density at radius 2 is 1.83 bits per heavy atom. The minimum atomic E-state index is -0.275. The summed E-state index contributed by atoms with van der Waals surface area (Å²) in [7, 11) is 0. The predicted octanol–water partition coefficient (Wildman–Crippen LogP) is 5.08. The maximum Gasteiger partial charge on any atom is 0.282 e. The van der Waals surface area contributed by atoms with Gasteiger partial charge in [0.2, 0.25) is 5.01 Å². The molecule has 0 fully saturated rings. The number of aryl methyl sites for hydroxylation is 1. The van der Waals surface area contributed by atoms with E-state index in [0.29, 0.717) is 23.2 Å². The molecule has 1 heterocycles. The second kappa shape index (κ2) is 10.0. The van der Waals surface area contributed by atoms with Crippen LogP contribution in [0.1, 0.15) is 31.5 Å². The second-order valence-corrected chi connectivity index (χ2v) is 7.63. The van der Waals surface area contributed by atoms with Gasteiger partial charge in [-0.1, -0.05) is 77.6 Å². The molecule has 0 saturated heterocycles. The minimum Gasteiger partial charge on any atom is -0.490 e. The van der Waals surface area contributed by atoms with Crippen molar-refractivity contribution < 1.29 is 9.53 Å². The monoisotopic (exact) mass is 425 g/mol. The normalized spacial score (nSPS) is 11.2. The molecule has 0 atom stereocenters. The largest absolute Gasteiger partial charge is 0.490 e. The van der Waals surface area contributed by atoms with Crippen LogP contribution in [0.4, 0.5) is 0 Å². The van der Waals surface area contributed by atoms with Crippen LogP contribution in [-0.4, -0.2) is 22.7 Å². The summed E-state index contributed by atoms with van der Waals surface area (Å²) in [5.41, 5.74) is 3.09. The third-order valence-electron chi connectivity index (χ3n) is 3.94. The van der Waals surface area contributed by atoms with Gasteiger partial charge in [0, 0.05) is 6.54 Å². The first kappa shape index (κ1) is 20.8. The number of nitrogens with one attached hydrogen (secondary N) is 1. The summed E-state index contributed by atoms with van der Waals surface area (Å²) in [5.74, 6) is 0.476. The fourth-order valence-corrected chi connectivity index (χ4v) is 3.35. The lowest BCUT2D eigenvalue weighted by Crippen LogP contribution is -2.22. The van der Waals surface area contributed by atoms with Crippen molar-refractivity contribution in [2.24, 2.45) is 0 Å². The number of amides is 1. The summed E-state index contributed by atoms with van der Waals surface area (Å²) in [4.78, 5) is 12.3. The summed E-state index contributed by atoms with van der Waals surface area (Å²) in [5, 5.41) is 12.0. The van der Waals surface area contributed by atoms with E-state index in [0.717, 1.165) is 28.2 Å². The van der Waals surface area contributed by atoms with Gasteiger partial charge < -0.3 is 10.1 Å². The quantitative estimate of drug-likeness (QED) is 0.511. The van der Waals surface area contributed by atoms with Gasteiger partial charge in [-0.25, -0.2) is 0 Å². The fraction of sp³-hybridized carbons (Fsp3) is 0.136. The van der Waals surface area contributed by atoms with E-state index in [4.69, 9.17) is 16.3 Å². The standard InChI is InChI=1S/C22H20ClN3O2S/c1-3-12-28-18-10-8-16(9-11-18)13-19(23)21-25-26-22(29-21)20(27)24-14-17-6-4-15(2)5-7-17/h3-11,13H,1,12,14H2,2H3,(H,24,27)/b19-13-. The smallest absolute Gasteiger partial charge is 0.282 e. The average molecular weight is 426 g/mol. The van der Waals surface area contributed by atoms with Crippen molar-refractivity contribution in [1.29, 1.82) is 0 Å². The van der Waals surface area contributed by atoms with Crippen molar-refractivity contribution in [1.82, 2.24) is 15.5 Å². The summed E-state index contributed by atoms with van der Waals surface area (Å²) in [6.07, 6.45) is 3.46.